The zero-order valence-electron chi connectivity index (χ0n) is 9.92. The fourth-order valence-electron chi connectivity index (χ4n) is 1.50. The monoisotopic (exact) mass is 243 g/mol. The van der Waals surface area contributed by atoms with Crippen molar-refractivity contribution in [2.75, 3.05) is 12.8 Å². The summed E-state index contributed by atoms with van der Waals surface area (Å²) in [6.07, 6.45) is 0. The molecule has 0 spiro atoms. The first-order chi connectivity index (χ1) is 8.70. The maximum absolute atomic E-state index is 11.9. The molecule has 0 amide bonds. The van der Waals surface area contributed by atoms with Crippen molar-refractivity contribution in [3.63, 3.8) is 0 Å². The number of rotatable bonds is 3. The minimum atomic E-state index is -0.485. The minimum Gasteiger partial charge on any atom is -0.497 e. The number of carbonyl (C=O) groups excluding carboxylic acids is 1. The maximum Gasteiger partial charge on any atom is 0.345 e. The molecule has 0 heterocycles. The van der Waals surface area contributed by atoms with Crippen LogP contribution in [0.5, 0.6) is 11.5 Å². The molecule has 0 aliphatic carbocycles. The Balaban J connectivity index is 2.19. The van der Waals surface area contributed by atoms with Crippen molar-refractivity contribution in [2.45, 2.75) is 0 Å². The highest BCUT2D eigenvalue weighted by atomic mass is 16.5. The van der Waals surface area contributed by atoms with Crippen LogP contribution in [-0.4, -0.2) is 13.1 Å². The molecule has 0 atom stereocenters. The first kappa shape index (κ1) is 12.0. The second-order valence-corrected chi connectivity index (χ2v) is 3.66. The minimum absolute atomic E-state index is 0.319. The summed E-state index contributed by atoms with van der Waals surface area (Å²) in [7, 11) is 1.54. The molecule has 2 aromatic rings. The Morgan fingerprint density at radius 2 is 1.78 bits per heavy atom. The quantitative estimate of drug-likeness (QED) is 0.511. The zero-order chi connectivity index (χ0) is 13.0. The van der Waals surface area contributed by atoms with E-state index in [9.17, 15) is 4.79 Å². The van der Waals surface area contributed by atoms with Crippen molar-refractivity contribution in [1.29, 1.82) is 0 Å². The third-order valence-corrected chi connectivity index (χ3v) is 2.43. The topological polar surface area (TPSA) is 61.5 Å². The Morgan fingerprint density at radius 1 is 1.06 bits per heavy atom. The summed E-state index contributed by atoms with van der Waals surface area (Å²) in [6.45, 7) is 0. The van der Waals surface area contributed by atoms with Gasteiger partial charge in [-0.15, -0.1) is 0 Å². The van der Waals surface area contributed by atoms with Crippen LogP contribution < -0.4 is 15.2 Å². The molecule has 2 N–H and O–H groups in total. The van der Waals surface area contributed by atoms with Gasteiger partial charge in [0.15, 0.2) is 0 Å². The van der Waals surface area contributed by atoms with E-state index in [1.807, 2.05) is 6.07 Å². The molecule has 0 unspecified atom stereocenters. The first-order valence-electron chi connectivity index (χ1n) is 5.41. The molecule has 2 aromatic carbocycles. The molecule has 18 heavy (non-hydrogen) atoms. The number of nitrogens with two attached hydrogens (primary N) is 1. The van der Waals surface area contributed by atoms with Crippen molar-refractivity contribution in [1.82, 2.24) is 0 Å². The fourth-order valence-corrected chi connectivity index (χ4v) is 1.50. The highest BCUT2D eigenvalue weighted by Gasteiger charge is 2.12. The summed E-state index contributed by atoms with van der Waals surface area (Å²) in [4.78, 5) is 11.9. The molecular formula is C14H13NO3. The van der Waals surface area contributed by atoms with Crippen molar-refractivity contribution in [2.24, 2.45) is 0 Å². The van der Waals surface area contributed by atoms with Crippen LogP contribution >= 0.6 is 0 Å². The SMILES string of the molecule is COc1ccc(C(=O)Oc2ccccc2)c(N)c1. The molecule has 0 aliphatic rings. The van der Waals surface area contributed by atoms with Gasteiger partial charge >= 0.3 is 5.97 Å². The van der Waals surface area contributed by atoms with Gasteiger partial charge in [-0.05, 0) is 24.3 Å². The van der Waals surface area contributed by atoms with E-state index in [1.165, 1.54) is 7.11 Å². The molecule has 0 radical (unpaired) electrons. The van der Waals surface area contributed by atoms with E-state index in [-0.39, 0.29) is 0 Å². The summed E-state index contributed by atoms with van der Waals surface area (Å²) in [6, 6.07) is 13.7. The molecule has 4 nitrogen and oxygen atoms in total. The lowest BCUT2D eigenvalue weighted by molar-refractivity contribution is 0.0736. The van der Waals surface area contributed by atoms with E-state index in [4.69, 9.17) is 15.2 Å². The number of anilines is 1. The number of hydrogen-bond donors (Lipinski definition) is 1. The van der Waals surface area contributed by atoms with Gasteiger partial charge in [-0.2, -0.15) is 0 Å². The maximum atomic E-state index is 11.9. The Hall–Kier alpha value is -2.49. The lowest BCUT2D eigenvalue weighted by atomic mass is 10.2. The van der Waals surface area contributed by atoms with Crippen molar-refractivity contribution < 1.29 is 14.3 Å². The fraction of sp³-hybridized carbons (Fsp3) is 0.0714. The van der Waals surface area contributed by atoms with E-state index in [2.05, 4.69) is 0 Å². The smallest absolute Gasteiger partial charge is 0.345 e. The van der Waals surface area contributed by atoms with E-state index in [0.717, 1.165) is 0 Å². The highest BCUT2D eigenvalue weighted by Crippen LogP contribution is 2.21. The standard InChI is InChI=1S/C14H13NO3/c1-17-11-7-8-12(13(15)9-11)14(16)18-10-5-3-2-4-6-10/h2-9H,15H2,1H3. The average Bonchev–Trinajstić information content (AvgIpc) is 2.39. The number of para-hydroxylation sites is 1. The summed E-state index contributed by atoms with van der Waals surface area (Å²) < 4.78 is 10.2. The number of esters is 1. The number of benzene rings is 2. The predicted molar refractivity (Wildman–Crippen MR) is 68.8 cm³/mol. The molecule has 92 valence electrons. The first-order valence-corrected chi connectivity index (χ1v) is 5.41. The van der Waals surface area contributed by atoms with Gasteiger partial charge in [0.25, 0.3) is 0 Å². The van der Waals surface area contributed by atoms with Crippen molar-refractivity contribution in [3.8, 4) is 11.5 Å². The van der Waals surface area contributed by atoms with Crippen LogP contribution in [0.25, 0.3) is 0 Å². The third-order valence-electron chi connectivity index (χ3n) is 2.43. The lowest BCUT2D eigenvalue weighted by Gasteiger charge is -2.07. The van der Waals surface area contributed by atoms with Crippen LogP contribution in [-0.2, 0) is 0 Å². The normalized spacial score (nSPS) is 9.83. The van der Waals surface area contributed by atoms with Gasteiger partial charge < -0.3 is 15.2 Å². The molecule has 0 saturated heterocycles. The van der Waals surface area contributed by atoms with Gasteiger partial charge in [0.2, 0.25) is 0 Å². The van der Waals surface area contributed by atoms with Crippen LogP contribution in [0, 0.1) is 0 Å². The molecule has 0 aliphatic heterocycles. The van der Waals surface area contributed by atoms with E-state index >= 15 is 0 Å². The van der Waals surface area contributed by atoms with Gasteiger partial charge in [0, 0.05) is 11.8 Å². The van der Waals surface area contributed by atoms with Gasteiger partial charge in [-0.3, -0.25) is 0 Å². The van der Waals surface area contributed by atoms with E-state index in [0.29, 0.717) is 22.7 Å². The Morgan fingerprint density at radius 3 is 2.39 bits per heavy atom. The molecule has 0 aromatic heterocycles. The number of carbonyl (C=O) groups is 1. The molecule has 0 bridgehead atoms. The second kappa shape index (κ2) is 5.23. The summed E-state index contributed by atoms with van der Waals surface area (Å²) >= 11 is 0. The van der Waals surface area contributed by atoms with E-state index < -0.39 is 5.97 Å². The van der Waals surface area contributed by atoms with Gasteiger partial charge in [-0.25, -0.2) is 4.79 Å². The van der Waals surface area contributed by atoms with Gasteiger partial charge in [0.05, 0.1) is 12.7 Å². The summed E-state index contributed by atoms with van der Waals surface area (Å²) in [5, 5.41) is 0. The molecular weight excluding hydrogens is 230 g/mol. The van der Waals surface area contributed by atoms with Crippen LogP contribution in [0.3, 0.4) is 0 Å². The van der Waals surface area contributed by atoms with Crippen LogP contribution in [0.2, 0.25) is 0 Å². The zero-order valence-corrected chi connectivity index (χ0v) is 9.92. The molecule has 2 rings (SSSR count). The van der Waals surface area contributed by atoms with Gasteiger partial charge in [0.1, 0.15) is 11.5 Å². The lowest BCUT2D eigenvalue weighted by Crippen LogP contribution is -2.11. The molecule has 0 saturated carbocycles. The number of ether oxygens (including phenoxy) is 2. The number of hydrogen-bond acceptors (Lipinski definition) is 4. The van der Waals surface area contributed by atoms with E-state index in [1.54, 1.807) is 42.5 Å². The largest absolute Gasteiger partial charge is 0.497 e. The Labute approximate surface area is 105 Å². The molecule has 0 fully saturated rings. The van der Waals surface area contributed by atoms with Crippen LogP contribution in [0.4, 0.5) is 5.69 Å². The summed E-state index contributed by atoms with van der Waals surface area (Å²) in [5.41, 5.74) is 6.42. The Bertz CT molecular complexity index is 552. The average molecular weight is 243 g/mol. The second-order valence-electron chi connectivity index (χ2n) is 3.66. The van der Waals surface area contributed by atoms with Crippen LogP contribution in [0.1, 0.15) is 10.4 Å². The number of methoxy groups -OCH3 is 1. The summed E-state index contributed by atoms with van der Waals surface area (Å²) in [5.74, 6) is 0.600. The Kier molecular flexibility index (Phi) is 3.48. The van der Waals surface area contributed by atoms with Gasteiger partial charge in [-0.1, -0.05) is 18.2 Å². The third kappa shape index (κ3) is 2.60. The number of nitrogen functional groups attached to an aromatic ring is 1. The van der Waals surface area contributed by atoms with Crippen molar-refractivity contribution >= 4 is 11.7 Å². The highest BCUT2D eigenvalue weighted by molar-refractivity contribution is 5.96. The predicted octanol–water partition coefficient (Wildman–Crippen LogP) is 2.50. The molecule has 4 heteroatoms. The van der Waals surface area contributed by atoms with Crippen molar-refractivity contribution in [3.05, 3.63) is 54.1 Å². The van der Waals surface area contributed by atoms with Crippen LogP contribution in [0.15, 0.2) is 48.5 Å².